The number of hydrogen-bond donors (Lipinski definition) is 1. The summed E-state index contributed by atoms with van der Waals surface area (Å²) >= 11 is 0. The van der Waals surface area contributed by atoms with Gasteiger partial charge in [0.25, 0.3) is 0 Å². The second-order valence-corrected chi connectivity index (χ2v) is 5.34. The van der Waals surface area contributed by atoms with Gasteiger partial charge in [0.2, 0.25) is 0 Å². The van der Waals surface area contributed by atoms with Crippen molar-refractivity contribution in [3.05, 3.63) is 0 Å². The molecule has 1 fully saturated rings. The fourth-order valence-corrected chi connectivity index (χ4v) is 2.36. The molecule has 0 saturated carbocycles. The smallest absolute Gasteiger partial charge is 0.303 e. The van der Waals surface area contributed by atoms with Gasteiger partial charge in [-0.1, -0.05) is 13.8 Å². The van der Waals surface area contributed by atoms with Crippen molar-refractivity contribution in [2.75, 3.05) is 20.1 Å². The van der Waals surface area contributed by atoms with Crippen LogP contribution in [0.2, 0.25) is 0 Å². The fourth-order valence-electron chi connectivity index (χ4n) is 2.36. The van der Waals surface area contributed by atoms with Gasteiger partial charge in [0, 0.05) is 13.0 Å². The summed E-state index contributed by atoms with van der Waals surface area (Å²) in [6.07, 6.45) is 2.51. The molecule has 82 valence electrons. The molecule has 1 N–H and O–H groups in total. The number of aliphatic carboxylic acids is 1. The Bertz CT molecular complexity index is 213. The van der Waals surface area contributed by atoms with E-state index in [0.717, 1.165) is 19.5 Å². The molecule has 3 heteroatoms. The van der Waals surface area contributed by atoms with Gasteiger partial charge < -0.3 is 10.0 Å². The molecule has 14 heavy (non-hydrogen) atoms. The number of nitrogens with zero attached hydrogens (tertiary/aromatic N) is 1. The second-order valence-electron chi connectivity index (χ2n) is 5.34. The molecule has 0 aliphatic carbocycles. The molecule has 1 saturated heterocycles. The molecule has 3 nitrogen and oxygen atoms in total. The van der Waals surface area contributed by atoms with Crippen LogP contribution >= 0.6 is 0 Å². The molecule has 1 unspecified atom stereocenters. The zero-order valence-electron chi connectivity index (χ0n) is 9.42. The van der Waals surface area contributed by atoms with Crippen LogP contribution in [0.15, 0.2) is 0 Å². The predicted molar refractivity (Wildman–Crippen MR) is 56.3 cm³/mol. The van der Waals surface area contributed by atoms with E-state index in [0.29, 0.717) is 17.8 Å². The first-order valence-electron chi connectivity index (χ1n) is 5.29. The fraction of sp³-hybridized carbons (Fsp3) is 0.909. The van der Waals surface area contributed by atoms with Gasteiger partial charge in [0.15, 0.2) is 0 Å². The molecule has 0 aromatic carbocycles. The largest absolute Gasteiger partial charge is 0.481 e. The highest BCUT2D eigenvalue weighted by atomic mass is 16.4. The summed E-state index contributed by atoms with van der Waals surface area (Å²) in [7, 11) is 2.08. The third-order valence-corrected chi connectivity index (χ3v) is 3.04. The van der Waals surface area contributed by atoms with Crippen LogP contribution in [0.25, 0.3) is 0 Å². The minimum Gasteiger partial charge on any atom is -0.481 e. The number of carboxylic acid groups (broad SMARTS) is 1. The average Bonchev–Trinajstić information content (AvgIpc) is 2.08. The molecule has 0 amide bonds. The van der Waals surface area contributed by atoms with E-state index in [1.54, 1.807) is 0 Å². The van der Waals surface area contributed by atoms with E-state index < -0.39 is 5.97 Å². The Morgan fingerprint density at radius 3 is 2.79 bits per heavy atom. The normalized spacial score (nSPS) is 28.4. The summed E-state index contributed by atoms with van der Waals surface area (Å²) in [5, 5.41) is 8.80. The summed E-state index contributed by atoms with van der Waals surface area (Å²) in [6, 6.07) is 0. The summed E-state index contributed by atoms with van der Waals surface area (Å²) in [5.41, 5.74) is 0.297. The molecule has 0 bridgehead atoms. The van der Waals surface area contributed by atoms with Crippen molar-refractivity contribution in [2.45, 2.75) is 33.1 Å². The highest BCUT2D eigenvalue weighted by Gasteiger charge is 2.29. The van der Waals surface area contributed by atoms with Crippen molar-refractivity contribution in [1.29, 1.82) is 0 Å². The topological polar surface area (TPSA) is 40.5 Å². The molecular weight excluding hydrogens is 178 g/mol. The Morgan fingerprint density at radius 2 is 2.21 bits per heavy atom. The first kappa shape index (κ1) is 11.5. The van der Waals surface area contributed by atoms with Gasteiger partial charge in [-0.25, -0.2) is 0 Å². The standard InChI is InChI=1S/C11H21NO2/c1-11(2)4-5-12(3)8-9(7-11)6-10(13)14/h9H,4-8H2,1-3H3,(H,13,14). The predicted octanol–water partition coefficient (Wildman–Crippen LogP) is 1.83. The molecule has 0 aromatic heterocycles. The molecule has 0 spiro atoms. The van der Waals surface area contributed by atoms with Gasteiger partial charge in [0.1, 0.15) is 0 Å². The van der Waals surface area contributed by atoms with Crippen molar-refractivity contribution < 1.29 is 9.90 Å². The summed E-state index contributed by atoms with van der Waals surface area (Å²) < 4.78 is 0. The Morgan fingerprint density at radius 1 is 1.57 bits per heavy atom. The van der Waals surface area contributed by atoms with Crippen LogP contribution in [0.5, 0.6) is 0 Å². The lowest BCUT2D eigenvalue weighted by Gasteiger charge is -2.24. The Hall–Kier alpha value is -0.570. The van der Waals surface area contributed by atoms with Crippen LogP contribution in [0.1, 0.15) is 33.1 Å². The quantitative estimate of drug-likeness (QED) is 0.737. The zero-order chi connectivity index (χ0) is 10.8. The number of carbonyl (C=O) groups is 1. The number of rotatable bonds is 2. The molecule has 0 radical (unpaired) electrons. The van der Waals surface area contributed by atoms with Crippen LogP contribution in [-0.2, 0) is 4.79 Å². The van der Waals surface area contributed by atoms with E-state index in [1.807, 2.05) is 0 Å². The van der Waals surface area contributed by atoms with Gasteiger partial charge in [-0.3, -0.25) is 4.79 Å². The third-order valence-electron chi connectivity index (χ3n) is 3.04. The monoisotopic (exact) mass is 199 g/mol. The maximum absolute atomic E-state index is 10.7. The van der Waals surface area contributed by atoms with E-state index in [4.69, 9.17) is 5.11 Å². The number of hydrogen-bond acceptors (Lipinski definition) is 2. The van der Waals surface area contributed by atoms with Gasteiger partial charge >= 0.3 is 5.97 Å². The molecule has 1 heterocycles. The minimum atomic E-state index is -0.666. The number of likely N-dealkylation sites (tertiary alicyclic amines) is 1. The van der Waals surface area contributed by atoms with E-state index in [-0.39, 0.29) is 0 Å². The molecule has 1 aliphatic rings. The van der Waals surface area contributed by atoms with Crippen LogP contribution in [0.3, 0.4) is 0 Å². The van der Waals surface area contributed by atoms with Crippen molar-refractivity contribution in [3.63, 3.8) is 0 Å². The Balaban J connectivity index is 2.59. The van der Waals surface area contributed by atoms with Crippen molar-refractivity contribution >= 4 is 5.97 Å². The third kappa shape index (κ3) is 3.66. The van der Waals surface area contributed by atoms with E-state index in [9.17, 15) is 4.79 Å². The van der Waals surface area contributed by atoms with Gasteiger partial charge in [0.05, 0.1) is 0 Å². The lowest BCUT2D eigenvalue weighted by atomic mass is 9.80. The summed E-state index contributed by atoms with van der Waals surface area (Å²) in [5.74, 6) is -0.351. The Kier molecular flexibility index (Phi) is 3.53. The average molecular weight is 199 g/mol. The maximum Gasteiger partial charge on any atom is 0.303 e. The summed E-state index contributed by atoms with van der Waals surface area (Å²) in [4.78, 5) is 12.9. The van der Waals surface area contributed by atoms with Gasteiger partial charge in [-0.05, 0) is 37.8 Å². The van der Waals surface area contributed by atoms with Gasteiger partial charge in [-0.2, -0.15) is 0 Å². The highest BCUT2D eigenvalue weighted by molar-refractivity contribution is 5.67. The van der Waals surface area contributed by atoms with Crippen LogP contribution < -0.4 is 0 Å². The van der Waals surface area contributed by atoms with Crippen molar-refractivity contribution in [2.24, 2.45) is 11.3 Å². The zero-order valence-corrected chi connectivity index (χ0v) is 9.42. The SMILES string of the molecule is CN1CCC(C)(C)CC(CC(=O)O)C1. The first-order valence-corrected chi connectivity index (χ1v) is 5.29. The van der Waals surface area contributed by atoms with E-state index in [2.05, 4.69) is 25.8 Å². The molecular formula is C11H21NO2. The van der Waals surface area contributed by atoms with E-state index in [1.165, 1.54) is 6.42 Å². The molecule has 1 aliphatic heterocycles. The molecule has 0 aromatic rings. The first-order chi connectivity index (χ1) is 6.39. The van der Waals surface area contributed by atoms with Gasteiger partial charge in [-0.15, -0.1) is 0 Å². The van der Waals surface area contributed by atoms with Crippen LogP contribution in [0.4, 0.5) is 0 Å². The second kappa shape index (κ2) is 4.30. The molecule has 1 atom stereocenters. The lowest BCUT2D eigenvalue weighted by Crippen LogP contribution is -2.25. The van der Waals surface area contributed by atoms with Crippen LogP contribution in [0, 0.1) is 11.3 Å². The van der Waals surface area contributed by atoms with Crippen molar-refractivity contribution in [3.8, 4) is 0 Å². The Labute approximate surface area is 86.1 Å². The maximum atomic E-state index is 10.7. The lowest BCUT2D eigenvalue weighted by molar-refractivity contribution is -0.138. The summed E-state index contributed by atoms with van der Waals surface area (Å²) in [6.45, 7) is 6.49. The molecule has 1 rings (SSSR count). The van der Waals surface area contributed by atoms with Crippen molar-refractivity contribution in [1.82, 2.24) is 4.90 Å². The minimum absolute atomic E-state index is 0.297. The van der Waals surface area contributed by atoms with E-state index >= 15 is 0 Å². The highest BCUT2D eigenvalue weighted by Crippen LogP contribution is 2.33. The number of carboxylic acids is 1. The van der Waals surface area contributed by atoms with Crippen LogP contribution in [-0.4, -0.2) is 36.1 Å².